The zero-order chi connectivity index (χ0) is 10.8. The zero-order valence-electron chi connectivity index (χ0n) is 8.95. The van der Waals surface area contributed by atoms with Crippen molar-refractivity contribution in [2.45, 2.75) is 33.6 Å². The number of rotatable bonds is 6. The summed E-state index contributed by atoms with van der Waals surface area (Å²) in [6.45, 7) is 6.51. The molecule has 0 saturated carbocycles. The Labute approximate surface area is 84.5 Å². The van der Waals surface area contributed by atoms with Gasteiger partial charge in [-0.1, -0.05) is 6.92 Å². The van der Waals surface area contributed by atoms with Crippen LogP contribution in [0.4, 0.5) is 4.79 Å². The summed E-state index contributed by atoms with van der Waals surface area (Å²) < 4.78 is 10.2. The van der Waals surface area contributed by atoms with Crippen molar-refractivity contribution >= 4 is 12.2 Å². The van der Waals surface area contributed by atoms with E-state index in [0.717, 1.165) is 6.42 Å². The first-order valence-corrected chi connectivity index (χ1v) is 4.80. The summed E-state index contributed by atoms with van der Waals surface area (Å²) in [5, 5.41) is 2.47. The van der Waals surface area contributed by atoms with Crippen molar-refractivity contribution in [3.8, 4) is 0 Å². The van der Waals surface area contributed by atoms with Gasteiger partial charge in [0.1, 0.15) is 0 Å². The van der Waals surface area contributed by atoms with Crippen LogP contribution in [0.2, 0.25) is 0 Å². The van der Waals surface area contributed by atoms with Gasteiger partial charge in [0, 0.05) is 19.4 Å². The molecular weight excluding hydrogens is 184 g/mol. The zero-order valence-corrected chi connectivity index (χ0v) is 8.95. The fourth-order valence-electron chi connectivity index (χ4n) is 0.746. The Morgan fingerprint density at radius 1 is 1.36 bits per heavy atom. The summed E-state index contributed by atoms with van der Waals surface area (Å²) in [7, 11) is 0. The molecule has 0 saturated heterocycles. The predicted molar refractivity (Wildman–Crippen MR) is 54.4 cm³/mol. The Hall–Kier alpha value is -0.940. The molecule has 0 bridgehead atoms. The number of urea groups is 1. The molecule has 14 heavy (non-hydrogen) atoms. The lowest BCUT2D eigenvalue weighted by Gasteiger charge is -2.16. The molecule has 5 heteroatoms. The minimum Gasteiger partial charge on any atom is -0.336 e. The standard InChI is InChI=1S/C9H18N2O3/c1-4-7-10-8(12)11-9(13-5-2)14-6-3/h7,9H,4-6H2,1-3H3,(H,11,12). The number of aliphatic imine (C=N–C) groups is 1. The third-order valence-electron chi connectivity index (χ3n) is 1.27. The summed E-state index contributed by atoms with van der Waals surface area (Å²) in [6, 6.07) is -0.446. The molecule has 0 heterocycles. The molecule has 0 aliphatic carbocycles. The van der Waals surface area contributed by atoms with E-state index in [1.54, 1.807) is 0 Å². The lowest BCUT2D eigenvalue weighted by Crippen LogP contribution is -2.37. The molecule has 0 aliphatic rings. The van der Waals surface area contributed by atoms with Crippen LogP contribution >= 0.6 is 0 Å². The highest BCUT2D eigenvalue weighted by Gasteiger charge is 2.09. The average molecular weight is 202 g/mol. The second-order valence-electron chi connectivity index (χ2n) is 2.41. The molecule has 0 fully saturated rings. The number of ether oxygens (including phenoxy) is 2. The monoisotopic (exact) mass is 202 g/mol. The van der Waals surface area contributed by atoms with E-state index in [4.69, 9.17) is 9.47 Å². The van der Waals surface area contributed by atoms with E-state index >= 15 is 0 Å². The Morgan fingerprint density at radius 2 is 1.93 bits per heavy atom. The van der Waals surface area contributed by atoms with Crippen molar-refractivity contribution in [3.63, 3.8) is 0 Å². The van der Waals surface area contributed by atoms with Gasteiger partial charge in [-0.2, -0.15) is 0 Å². The van der Waals surface area contributed by atoms with Gasteiger partial charge in [-0.15, -0.1) is 0 Å². The van der Waals surface area contributed by atoms with Crippen LogP contribution in [0.15, 0.2) is 4.99 Å². The molecule has 0 rings (SSSR count). The highest BCUT2D eigenvalue weighted by molar-refractivity contribution is 5.83. The Kier molecular flexibility index (Phi) is 8.07. The molecule has 2 amide bonds. The number of carbonyl (C=O) groups excluding carboxylic acids is 1. The van der Waals surface area contributed by atoms with Crippen LogP contribution in [0.25, 0.3) is 0 Å². The topological polar surface area (TPSA) is 59.9 Å². The molecule has 5 nitrogen and oxygen atoms in total. The minimum atomic E-state index is -0.702. The maximum absolute atomic E-state index is 11.1. The van der Waals surface area contributed by atoms with Gasteiger partial charge >= 0.3 is 6.03 Å². The maximum atomic E-state index is 11.1. The van der Waals surface area contributed by atoms with Gasteiger partial charge in [0.15, 0.2) is 0 Å². The Morgan fingerprint density at radius 3 is 2.36 bits per heavy atom. The first-order chi connectivity index (χ1) is 6.74. The molecule has 0 aromatic heterocycles. The first kappa shape index (κ1) is 13.1. The Balaban J connectivity index is 3.88. The van der Waals surface area contributed by atoms with E-state index in [1.807, 2.05) is 20.8 Å². The number of amides is 2. The quantitative estimate of drug-likeness (QED) is 0.525. The molecule has 0 aromatic rings. The molecule has 0 spiro atoms. The number of nitrogens with one attached hydrogen (secondary N) is 1. The van der Waals surface area contributed by atoms with Crippen LogP contribution in [0, 0.1) is 0 Å². The first-order valence-electron chi connectivity index (χ1n) is 4.80. The summed E-state index contributed by atoms with van der Waals surface area (Å²) in [4.78, 5) is 14.7. The fourth-order valence-corrected chi connectivity index (χ4v) is 0.746. The number of carbonyl (C=O) groups is 1. The summed E-state index contributed by atoms with van der Waals surface area (Å²) in [5.74, 6) is 0. The van der Waals surface area contributed by atoms with Crippen molar-refractivity contribution < 1.29 is 14.3 Å². The van der Waals surface area contributed by atoms with Crippen molar-refractivity contribution in [2.24, 2.45) is 4.99 Å². The van der Waals surface area contributed by atoms with E-state index in [9.17, 15) is 4.79 Å². The normalized spacial score (nSPS) is 11.1. The molecule has 0 atom stereocenters. The van der Waals surface area contributed by atoms with E-state index in [1.165, 1.54) is 6.21 Å². The average Bonchev–Trinajstić information content (AvgIpc) is 2.15. The minimum absolute atomic E-state index is 0.446. The van der Waals surface area contributed by atoms with E-state index in [0.29, 0.717) is 13.2 Å². The highest BCUT2D eigenvalue weighted by Crippen LogP contribution is 1.91. The van der Waals surface area contributed by atoms with Gasteiger partial charge in [0.2, 0.25) is 6.41 Å². The molecule has 0 radical (unpaired) electrons. The van der Waals surface area contributed by atoms with Gasteiger partial charge in [-0.3, -0.25) is 5.32 Å². The molecule has 0 aliphatic heterocycles. The number of hydrogen-bond donors (Lipinski definition) is 1. The second-order valence-corrected chi connectivity index (χ2v) is 2.41. The number of nitrogens with zero attached hydrogens (tertiary/aromatic N) is 1. The predicted octanol–water partition coefficient (Wildman–Crippen LogP) is 1.53. The lowest BCUT2D eigenvalue weighted by atomic mass is 10.5. The van der Waals surface area contributed by atoms with Crippen LogP contribution in [0.1, 0.15) is 27.2 Å². The highest BCUT2D eigenvalue weighted by atomic mass is 16.7. The summed E-state index contributed by atoms with van der Waals surface area (Å²) >= 11 is 0. The maximum Gasteiger partial charge on any atom is 0.344 e. The van der Waals surface area contributed by atoms with Crippen molar-refractivity contribution in [1.82, 2.24) is 5.32 Å². The van der Waals surface area contributed by atoms with E-state index in [2.05, 4.69) is 10.3 Å². The van der Waals surface area contributed by atoms with Gasteiger partial charge in [0.05, 0.1) is 0 Å². The van der Waals surface area contributed by atoms with Gasteiger partial charge in [0.25, 0.3) is 0 Å². The third-order valence-corrected chi connectivity index (χ3v) is 1.27. The van der Waals surface area contributed by atoms with Crippen LogP contribution in [-0.2, 0) is 9.47 Å². The van der Waals surface area contributed by atoms with E-state index < -0.39 is 12.4 Å². The SMILES string of the molecule is CCC=NC(=O)NC(OCC)OCC. The molecular formula is C9H18N2O3. The molecule has 82 valence electrons. The van der Waals surface area contributed by atoms with Gasteiger partial charge in [-0.05, 0) is 20.3 Å². The summed E-state index contributed by atoms with van der Waals surface area (Å²) in [5.41, 5.74) is 0. The summed E-state index contributed by atoms with van der Waals surface area (Å²) in [6.07, 6.45) is 1.55. The van der Waals surface area contributed by atoms with Gasteiger partial charge in [-0.25, -0.2) is 9.79 Å². The Bertz CT molecular complexity index is 177. The van der Waals surface area contributed by atoms with Crippen molar-refractivity contribution in [1.29, 1.82) is 0 Å². The van der Waals surface area contributed by atoms with Crippen LogP contribution in [0.5, 0.6) is 0 Å². The molecule has 1 N–H and O–H groups in total. The van der Waals surface area contributed by atoms with Crippen molar-refractivity contribution in [3.05, 3.63) is 0 Å². The third kappa shape index (κ3) is 6.56. The largest absolute Gasteiger partial charge is 0.344 e. The van der Waals surface area contributed by atoms with E-state index in [-0.39, 0.29) is 0 Å². The second kappa shape index (κ2) is 8.65. The van der Waals surface area contributed by atoms with Gasteiger partial charge < -0.3 is 9.47 Å². The van der Waals surface area contributed by atoms with Crippen LogP contribution < -0.4 is 5.32 Å². The van der Waals surface area contributed by atoms with Crippen LogP contribution in [-0.4, -0.2) is 31.9 Å². The van der Waals surface area contributed by atoms with Crippen molar-refractivity contribution in [2.75, 3.05) is 13.2 Å². The fraction of sp³-hybridized carbons (Fsp3) is 0.778. The smallest absolute Gasteiger partial charge is 0.336 e. The molecule has 0 aromatic carbocycles. The lowest BCUT2D eigenvalue weighted by molar-refractivity contribution is -0.146. The van der Waals surface area contributed by atoms with Crippen LogP contribution in [0.3, 0.4) is 0 Å². The number of hydrogen-bond acceptors (Lipinski definition) is 3. The molecule has 0 unspecified atom stereocenters.